The summed E-state index contributed by atoms with van der Waals surface area (Å²) in [6.07, 6.45) is 2.63. The fourth-order valence-corrected chi connectivity index (χ4v) is 3.01. The van der Waals surface area contributed by atoms with E-state index in [1.165, 1.54) is 34.9 Å². The predicted molar refractivity (Wildman–Crippen MR) is 79.8 cm³/mol. The van der Waals surface area contributed by atoms with Gasteiger partial charge < -0.3 is 9.73 Å². The van der Waals surface area contributed by atoms with Crippen LogP contribution in [0.2, 0.25) is 0 Å². The number of fused-ring (bicyclic) bond motifs is 1. The van der Waals surface area contributed by atoms with Gasteiger partial charge in [0.05, 0.1) is 6.54 Å². The van der Waals surface area contributed by atoms with Gasteiger partial charge in [-0.2, -0.15) is 0 Å². The highest BCUT2D eigenvalue weighted by atomic mass is 16.3. The van der Waals surface area contributed by atoms with Crippen LogP contribution in [0.25, 0.3) is 11.0 Å². The Morgan fingerprint density at radius 3 is 2.63 bits per heavy atom. The van der Waals surface area contributed by atoms with Gasteiger partial charge in [-0.3, -0.25) is 0 Å². The Balaban J connectivity index is 2.31. The first-order valence-corrected chi connectivity index (χ1v) is 7.32. The maximum Gasteiger partial charge on any atom is 0.137 e. The largest absolute Gasteiger partial charge is 0.459 e. The molecule has 1 aromatic carbocycles. The molecule has 1 fully saturated rings. The van der Waals surface area contributed by atoms with E-state index in [1.807, 2.05) is 7.05 Å². The third-order valence-corrected chi connectivity index (χ3v) is 4.13. The van der Waals surface area contributed by atoms with Crippen molar-refractivity contribution in [2.45, 2.75) is 52.0 Å². The van der Waals surface area contributed by atoms with Crippen LogP contribution in [0.3, 0.4) is 0 Å². The fourth-order valence-electron chi connectivity index (χ4n) is 3.01. The zero-order chi connectivity index (χ0) is 13.6. The molecule has 2 heteroatoms. The normalized spacial score (nSPS) is 15.6. The average Bonchev–Trinajstić information content (AvgIpc) is 3.12. The van der Waals surface area contributed by atoms with Crippen molar-refractivity contribution in [3.63, 3.8) is 0 Å². The van der Waals surface area contributed by atoms with Crippen molar-refractivity contribution >= 4 is 11.0 Å². The molecule has 1 aromatic heterocycles. The standard InChI is InChI=1S/C17H23NO/c1-10(2)13-8-5-11(3)17-16(13)15(12-6-7-12)14(19-17)9-18-4/h5,8,10,12,18H,6-7,9H2,1-4H3. The van der Waals surface area contributed by atoms with Gasteiger partial charge in [-0.15, -0.1) is 0 Å². The number of aryl methyl sites for hydroxylation is 1. The van der Waals surface area contributed by atoms with Crippen molar-refractivity contribution in [1.82, 2.24) is 5.32 Å². The Hall–Kier alpha value is -1.28. The van der Waals surface area contributed by atoms with E-state index in [4.69, 9.17) is 4.42 Å². The molecule has 0 unspecified atom stereocenters. The summed E-state index contributed by atoms with van der Waals surface area (Å²) in [6, 6.07) is 4.48. The van der Waals surface area contributed by atoms with Gasteiger partial charge in [-0.1, -0.05) is 26.0 Å². The summed E-state index contributed by atoms with van der Waals surface area (Å²) >= 11 is 0. The molecule has 1 saturated carbocycles. The third kappa shape index (κ3) is 2.08. The molecule has 0 spiro atoms. The van der Waals surface area contributed by atoms with E-state index in [0.717, 1.165) is 23.8 Å². The third-order valence-electron chi connectivity index (χ3n) is 4.13. The first-order chi connectivity index (χ1) is 9.13. The SMILES string of the molecule is CNCc1oc2c(C)ccc(C(C)C)c2c1C1CC1. The van der Waals surface area contributed by atoms with Gasteiger partial charge in [-0.25, -0.2) is 0 Å². The van der Waals surface area contributed by atoms with Gasteiger partial charge in [-0.05, 0) is 49.8 Å². The Morgan fingerprint density at radius 2 is 2.05 bits per heavy atom. The molecule has 3 rings (SSSR count). The van der Waals surface area contributed by atoms with Gasteiger partial charge in [0.2, 0.25) is 0 Å². The minimum Gasteiger partial charge on any atom is -0.459 e. The molecule has 0 amide bonds. The number of hydrogen-bond acceptors (Lipinski definition) is 2. The van der Waals surface area contributed by atoms with Gasteiger partial charge in [0.1, 0.15) is 11.3 Å². The van der Waals surface area contributed by atoms with Crippen LogP contribution in [0.5, 0.6) is 0 Å². The van der Waals surface area contributed by atoms with Crippen molar-refractivity contribution in [2.24, 2.45) is 0 Å². The zero-order valence-electron chi connectivity index (χ0n) is 12.3. The first-order valence-electron chi connectivity index (χ1n) is 7.32. The topological polar surface area (TPSA) is 25.2 Å². The van der Waals surface area contributed by atoms with Crippen LogP contribution in [-0.4, -0.2) is 7.05 Å². The minimum absolute atomic E-state index is 0.542. The lowest BCUT2D eigenvalue weighted by molar-refractivity contribution is 0.522. The molecule has 0 saturated heterocycles. The molecule has 0 atom stereocenters. The lowest BCUT2D eigenvalue weighted by Gasteiger charge is -2.10. The number of hydrogen-bond donors (Lipinski definition) is 1. The van der Waals surface area contributed by atoms with Gasteiger partial charge in [0.15, 0.2) is 0 Å². The van der Waals surface area contributed by atoms with Crippen LogP contribution in [0, 0.1) is 6.92 Å². The first kappa shape index (κ1) is 12.7. The number of rotatable bonds is 4. The molecule has 102 valence electrons. The Bertz CT molecular complexity index is 605. The van der Waals surface area contributed by atoms with E-state index in [9.17, 15) is 0 Å². The second-order valence-corrected chi connectivity index (χ2v) is 6.07. The van der Waals surface area contributed by atoms with E-state index in [-0.39, 0.29) is 0 Å². The van der Waals surface area contributed by atoms with Crippen LogP contribution in [-0.2, 0) is 6.54 Å². The van der Waals surface area contributed by atoms with E-state index in [0.29, 0.717) is 5.92 Å². The van der Waals surface area contributed by atoms with Crippen LogP contribution >= 0.6 is 0 Å². The Morgan fingerprint density at radius 1 is 1.32 bits per heavy atom. The highest BCUT2D eigenvalue weighted by Gasteiger charge is 2.32. The van der Waals surface area contributed by atoms with Crippen LogP contribution < -0.4 is 5.32 Å². The molecule has 0 aliphatic heterocycles. The summed E-state index contributed by atoms with van der Waals surface area (Å²) in [4.78, 5) is 0. The molecule has 0 radical (unpaired) electrons. The number of furan rings is 1. The second kappa shape index (κ2) is 4.68. The van der Waals surface area contributed by atoms with Crippen LogP contribution in [0.1, 0.15) is 61.0 Å². The molecule has 0 bridgehead atoms. The summed E-state index contributed by atoms with van der Waals surface area (Å²) in [5.74, 6) is 2.42. The summed E-state index contributed by atoms with van der Waals surface area (Å²) < 4.78 is 6.20. The monoisotopic (exact) mass is 257 g/mol. The van der Waals surface area contributed by atoms with Gasteiger partial charge in [0, 0.05) is 10.9 Å². The maximum atomic E-state index is 6.20. The highest BCUT2D eigenvalue weighted by Crippen LogP contribution is 2.48. The smallest absolute Gasteiger partial charge is 0.137 e. The van der Waals surface area contributed by atoms with Crippen molar-refractivity contribution in [2.75, 3.05) is 7.05 Å². The predicted octanol–water partition coefficient (Wildman–Crippen LogP) is 4.46. The molecule has 1 heterocycles. The summed E-state index contributed by atoms with van der Waals surface area (Å²) in [5.41, 5.74) is 5.28. The molecular weight excluding hydrogens is 234 g/mol. The minimum atomic E-state index is 0.542. The summed E-state index contributed by atoms with van der Waals surface area (Å²) in [7, 11) is 1.99. The molecule has 2 nitrogen and oxygen atoms in total. The van der Waals surface area contributed by atoms with Crippen LogP contribution in [0.15, 0.2) is 16.5 Å². The Kier molecular flexibility index (Phi) is 3.14. The zero-order valence-corrected chi connectivity index (χ0v) is 12.3. The number of benzene rings is 1. The van der Waals surface area contributed by atoms with Crippen molar-refractivity contribution in [3.8, 4) is 0 Å². The summed E-state index contributed by atoms with van der Waals surface area (Å²) in [6.45, 7) is 7.52. The van der Waals surface area contributed by atoms with Gasteiger partial charge >= 0.3 is 0 Å². The van der Waals surface area contributed by atoms with E-state index in [1.54, 1.807) is 0 Å². The molecule has 1 aliphatic carbocycles. The Labute approximate surface area is 115 Å². The molecule has 19 heavy (non-hydrogen) atoms. The molecular formula is C17H23NO. The maximum absolute atomic E-state index is 6.20. The summed E-state index contributed by atoms with van der Waals surface area (Å²) in [5, 5.41) is 4.65. The average molecular weight is 257 g/mol. The highest BCUT2D eigenvalue weighted by molar-refractivity contribution is 5.89. The van der Waals surface area contributed by atoms with Crippen LogP contribution in [0.4, 0.5) is 0 Å². The van der Waals surface area contributed by atoms with Crippen molar-refractivity contribution < 1.29 is 4.42 Å². The fraction of sp³-hybridized carbons (Fsp3) is 0.529. The lowest BCUT2D eigenvalue weighted by Crippen LogP contribution is -2.05. The molecule has 1 aliphatic rings. The molecule has 1 N–H and O–H groups in total. The van der Waals surface area contributed by atoms with Crippen molar-refractivity contribution in [3.05, 3.63) is 34.6 Å². The van der Waals surface area contributed by atoms with E-state index >= 15 is 0 Å². The molecule has 2 aromatic rings. The quantitative estimate of drug-likeness (QED) is 0.874. The number of nitrogens with one attached hydrogen (secondary N) is 1. The van der Waals surface area contributed by atoms with Crippen molar-refractivity contribution in [1.29, 1.82) is 0 Å². The second-order valence-electron chi connectivity index (χ2n) is 6.07. The van der Waals surface area contributed by atoms with E-state index < -0.39 is 0 Å². The van der Waals surface area contributed by atoms with E-state index in [2.05, 4.69) is 38.2 Å². The lowest BCUT2D eigenvalue weighted by atomic mass is 9.93. The van der Waals surface area contributed by atoms with Gasteiger partial charge in [0.25, 0.3) is 0 Å².